The fourth-order valence-corrected chi connectivity index (χ4v) is 3.88. The number of piperidine rings is 1. The second-order valence-corrected chi connectivity index (χ2v) is 7.44. The number of anilines is 1. The van der Waals surface area contributed by atoms with Crippen LogP contribution in [0.3, 0.4) is 0 Å². The Morgan fingerprint density at radius 2 is 1.54 bits per heavy atom. The van der Waals surface area contributed by atoms with Crippen molar-refractivity contribution in [3.8, 4) is 0 Å². The lowest BCUT2D eigenvalue weighted by atomic mass is 9.90. The quantitative estimate of drug-likeness (QED) is 0.699. The zero-order chi connectivity index (χ0) is 19.3. The van der Waals surface area contributed by atoms with Gasteiger partial charge in [-0.2, -0.15) is 0 Å². The van der Waals surface area contributed by atoms with E-state index in [1.165, 1.54) is 5.56 Å². The molecule has 0 bridgehead atoms. The van der Waals surface area contributed by atoms with E-state index in [2.05, 4.69) is 29.6 Å². The molecule has 1 aliphatic rings. The fourth-order valence-electron chi connectivity index (χ4n) is 3.88. The number of benzene rings is 3. The minimum absolute atomic E-state index is 0.439. The minimum Gasteiger partial charge on any atom is -0.334 e. The first-order chi connectivity index (χ1) is 13.7. The first-order valence-corrected chi connectivity index (χ1v) is 9.82. The molecule has 0 radical (unpaired) electrons. The number of rotatable bonds is 3. The molecular weight excluding hydrogens is 348 g/mol. The van der Waals surface area contributed by atoms with E-state index < -0.39 is 11.8 Å². The molecule has 1 fully saturated rings. The molecule has 0 spiro atoms. The van der Waals surface area contributed by atoms with Crippen molar-refractivity contribution >= 4 is 28.3 Å². The van der Waals surface area contributed by atoms with Gasteiger partial charge in [0, 0.05) is 18.8 Å². The van der Waals surface area contributed by atoms with Crippen LogP contribution >= 0.6 is 0 Å². The van der Waals surface area contributed by atoms with Crippen LogP contribution in [0.2, 0.25) is 0 Å². The van der Waals surface area contributed by atoms with E-state index in [0.717, 1.165) is 30.0 Å². The van der Waals surface area contributed by atoms with E-state index in [-0.39, 0.29) is 0 Å². The van der Waals surface area contributed by atoms with Crippen LogP contribution in [0.25, 0.3) is 10.8 Å². The molecule has 28 heavy (non-hydrogen) atoms. The SMILES string of the molecule is O=C(Nc1ccc2ccccc2c1)C(=O)N1CCC(Cc2ccccc2)CC1. The van der Waals surface area contributed by atoms with Gasteiger partial charge in [-0.1, -0.05) is 60.7 Å². The van der Waals surface area contributed by atoms with Crippen LogP contribution in [0.15, 0.2) is 72.8 Å². The number of fused-ring (bicyclic) bond motifs is 1. The van der Waals surface area contributed by atoms with E-state index in [1.54, 1.807) is 4.90 Å². The summed E-state index contributed by atoms with van der Waals surface area (Å²) < 4.78 is 0. The molecule has 0 aromatic heterocycles. The van der Waals surface area contributed by atoms with Crippen molar-refractivity contribution in [3.63, 3.8) is 0 Å². The number of nitrogens with one attached hydrogen (secondary N) is 1. The van der Waals surface area contributed by atoms with E-state index >= 15 is 0 Å². The van der Waals surface area contributed by atoms with Gasteiger partial charge in [-0.05, 0) is 53.6 Å². The zero-order valence-electron chi connectivity index (χ0n) is 15.8. The van der Waals surface area contributed by atoms with Crippen LogP contribution in [0.4, 0.5) is 5.69 Å². The number of likely N-dealkylation sites (tertiary alicyclic amines) is 1. The molecule has 3 aromatic carbocycles. The summed E-state index contributed by atoms with van der Waals surface area (Å²) in [5.41, 5.74) is 1.98. The van der Waals surface area contributed by atoms with Gasteiger partial charge in [-0.15, -0.1) is 0 Å². The normalized spacial score (nSPS) is 14.8. The van der Waals surface area contributed by atoms with Gasteiger partial charge in [-0.25, -0.2) is 0 Å². The molecule has 0 atom stereocenters. The Kier molecular flexibility index (Phi) is 5.38. The van der Waals surface area contributed by atoms with Crippen molar-refractivity contribution in [1.82, 2.24) is 4.90 Å². The van der Waals surface area contributed by atoms with Crippen molar-refractivity contribution in [1.29, 1.82) is 0 Å². The van der Waals surface area contributed by atoms with Crippen molar-refractivity contribution < 1.29 is 9.59 Å². The summed E-state index contributed by atoms with van der Waals surface area (Å²) >= 11 is 0. The van der Waals surface area contributed by atoms with Crippen molar-refractivity contribution in [3.05, 3.63) is 78.4 Å². The molecule has 0 unspecified atom stereocenters. The summed E-state index contributed by atoms with van der Waals surface area (Å²) in [5.74, 6) is -0.432. The lowest BCUT2D eigenvalue weighted by Gasteiger charge is -2.31. The molecule has 1 heterocycles. The van der Waals surface area contributed by atoms with Crippen LogP contribution in [0, 0.1) is 5.92 Å². The van der Waals surface area contributed by atoms with Crippen LogP contribution in [0.5, 0.6) is 0 Å². The van der Waals surface area contributed by atoms with Crippen LogP contribution in [-0.4, -0.2) is 29.8 Å². The first-order valence-electron chi connectivity index (χ1n) is 9.82. The average molecular weight is 372 g/mol. The third-order valence-corrected chi connectivity index (χ3v) is 5.47. The summed E-state index contributed by atoms with van der Waals surface area (Å²) in [6.45, 7) is 1.28. The number of hydrogen-bond acceptors (Lipinski definition) is 2. The van der Waals surface area contributed by atoms with E-state index in [0.29, 0.717) is 24.7 Å². The number of carbonyl (C=O) groups excluding carboxylic acids is 2. The Balaban J connectivity index is 1.32. The molecule has 2 amide bonds. The van der Waals surface area contributed by atoms with E-state index in [9.17, 15) is 9.59 Å². The van der Waals surface area contributed by atoms with Gasteiger partial charge in [0.25, 0.3) is 0 Å². The Morgan fingerprint density at radius 1 is 0.857 bits per heavy atom. The van der Waals surface area contributed by atoms with Gasteiger partial charge < -0.3 is 10.2 Å². The molecule has 4 heteroatoms. The monoisotopic (exact) mass is 372 g/mol. The Labute approximate surface area is 165 Å². The molecule has 142 valence electrons. The molecule has 1 N–H and O–H groups in total. The lowest BCUT2D eigenvalue weighted by Crippen LogP contribution is -2.44. The Hall–Kier alpha value is -3.14. The van der Waals surface area contributed by atoms with Gasteiger partial charge in [0.1, 0.15) is 0 Å². The summed E-state index contributed by atoms with van der Waals surface area (Å²) in [7, 11) is 0. The number of carbonyl (C=O) groups is 2. The molecule has 1 saturated heterocycles. The largest absolute Gasteiger partial charge is 0.334 e. The fraction of sp³-hybridized carbons (Fsp3) is 0.250. The van der Waals surface area contributed by atoms with Crippen molar-refractivity contribution in [2.75, 3.05) is 18.4 Å². The molecule has 0 saturated carbocycles. The van der Waals surface area contributed by atoms with Gasteiger partial charge in [0.15, 0.2) is 0 Å². The summed E-state index contributed by atoms with van der Waals surface area (Å²) in [6, 6.07) is 24.1. The number of hydrogen-bond donors (Lipinski definition) is 1. The van der Waals surface area contributed by atoms with Gasteiger partial charge >= 0.3 is 11.8 Å². The smallest absolute Gasteiger partial charge is 0.313 e. The predicted octanol–water partition coefficient (Wildman–Crippen LogP) is 4.26. The topological polar surface area (TPSA) is 49.4 Å². The number of nitrogens with zero attached hydrogens (tertiary/aromatic N) is 1. The molecule has 0 aliphatic carbocycles. The average Bonchev–Trinajstić information content (AvgIpc) is 2.74. The highest BCUT2D eigenvalue weighted by molar-refractivity contribution is 6.39. The number of amides is 2. The van der Waals surface area contributed by atoms with Crippen LogP contribution < -0.4 is 5.32 Å². The van der Waals surface area contributed by atoms with Gasteiger partial charge in [0.05, 0.1) is 0 Å². The Bertz CT molecular complexity index is 976. The second kappa shape index (κ2) is 8.26. The summed E-state index contributed by atoms with van der Waals surface area (Å²) in [6.07, 6.45) is 2.90. The maximum Gasteiger partial charge on any atom is 0.313 e. The van der Waals surface area contributed by atoms with E-state index in [4.69, 9.17) is 0 Å². The molecular formula is C24H24N2O2. The summed E-state index contributed by atoms with van der Waals surface area (Å²) in [4.78, 5) is 26.6. The Morgan fingerprint density at radius 3 is 2.29 bits per heavy atom. The molecule has 3 aromatic rings. The predicted molar refractivity (Wildman–Crippen MR) is 112 cm³/mol. The van der Waals surface area contributed by atoms with Gasteiger partial charge in [-0.3, -0.25) is 9.59 Å². The highest BCUT2D eigenvalue weighted by Crippen LogP contribution is 2.22. The van der Waals surface area contributed by atoms with Gasteiger partial charge in [0.2, 0.25) is 0 Å². The maximum absolute atomic E-state index is 12.5. The van der Waals surface area contributed by atoms with Crippen LogP contribution in [-0.2, 0) is 16.0 Å². The standard InChI is InChI=1S/C24H24N2O2/c27-23(25-22-11-10-20-8-4-5-9-21(20)17-22)24(28)26-14-12-19(13-15-26)16-18-6-2-1-3-7-18/h1-11,17,19H,12-16H2,(H,25,27). The highest BCUT2D eigenvalue weighted by atomic mass is 16.2. The third kappa shape index (κ3) is 4.22. The third-order valence-electron chi connectivity index (χ3n) is 5.47. The van der Waals surface area contributed by atoms with Crippen molar-refractivity contribution in [2.45, 2.75) is 19.3 Å². The van der Waals surface area contributed by atoms with Crippen molar-refractivity contribution in [2.24, 2.45) is 5.92 Å². The highest BCUT2D eigenvalue weighted by Gasteiger charge is 2.27. The van der Waals surface area contributed by atoms with Crippen LogP contribution in [0.1, 0.15) is 18.4 Å². The second-order valence-electron chi connectivity index (χ2n) is 7.44. The lowest BCUT2D eigenvalue weighted by molar-refractivity contribution is -0.144. The zero-order valence-corrected chi connectivity index (χ0v) is 15.8. The summed E-state index contributed by atoms with van der Waals surface area (Å²) in [5, 5.41) is 4.89. The molecule has 1 aliphatic heterocycles. The molecule has 4 rings (SSSR count). The molecule has 4 nitrogen and oxygen atoms in total. The minimum atomic E-state index is -0.559. The maximum atomic E-state index is 12.5. The first kappa shape index (κ1) is 18.2. The van der Waals surface area contributed by atoms with E-state index in [1.807, 2.05) is 48.5 Å².